The molecule has 2 aromatic carbocycles. The molecule has 0 spiro atoms. The summed E-state index contributed by atoms with van der Waals surface area (Å²) in [5.74, 6) is -3.93. The van der Waals surface area contributed by atoms with Crippen molar-refractivity contribution in [1.29, 1.82) is 5.26 Å². The van der Waals surface area contributed by atoms with Crippen LogP contribution in [0.3, 0.4) is 0 Å². The summed E-state index contributed by atoms with van der Waals surface area (Å²) in [7, 11) is 0. The Morgan fingerprint density at radius 2 is 1.69 bits per heavy atom. The average Bonchev–Trinajstić information content (AvgIpc) is 2.73. The number of allylic oxidation sites excluding steroid dienone is 2. The van der Waals surface area contributed by atoms with Crippen molar-refractivity contribution in [2.75, 3.05) is 0 Å². The van der Waals surface area contributed by atoms with E-state index in [0.29, 0.717) is 23.6 Å². The van der Waals surface area contributed by atoms with Crippen LogP contribution in [0.2, 0.25) is 0 Å². The van der Waals surface area contributed by atoms with E-state index >= 15 is 0 Å². The highest BCUT2D eigenvalue weighted by Crippen LogP contribution is 2.40. The van der Waals surface area contributed by atoms with E-state index in [9.17, 15) is 22.0 Å². The highest BCUT2D eigenvalue weighted by molar-refractivity contribution is 5.38. The molecular formula is C25H24F5NO. The van der Waals surface area contributed by atoms with Gasteiger partial charge in [-0.2, -0.15) is 14.0 Å². The number of nitrogens with zero attached hydrogens (tertiary/aromatic N) is 1. The number of benzene rings is 2. The largest absolute Gasteiger partial charge is 0.429 e. The summed E-state index contributed by atoms with van der Waals surface area (Å²) in [6, 6.07) is 5.74. The van der Waals surface area contributed by atoms with Crippen LogP contribution in [-0.4, -0.2) is 0 Å². The molecule has 0 saturated heterocycles. The molecule has 0 amide bonds. The first-order chi connectivity index (χ1) is 15.2. The fraction of sp³-hybridized carbons (Fsp3) is 0.400. The van der Waals surface area contributed by atoms with Gasteiger partial charge in [0.25, 0.3) is 0 Å². The van der Waals surface area contributed by atoms with Crippen LogP contribution >= 0.6 is 0 Å². The van der Waals surface area contributed by atoms with E-state index in [-0.39, 0.29) is 5.92 Å². The monoisotopic (exact) mass is 449 g/mol. The second-order valence-corrected chi connectivity index (χ2v) is 8.10. The first-order valence-corrected chi connectivity index (χ1v) is 10.6. The Balaban J connectivity index is 1.70. The maximum atomic E-state index is 14.6. The van der Waals surface area contributed by atoms with Crippen LogP contribution in [0, 0.1) is 34.7 Å². The fourth-order valence-electron chi connectivity index (χ4n) is 4.22. The van der Waals surface area contributed by atoms with Gasteiger partial charge in [-0.25, -0.2) is 13.2 Å². The zero-order chi connectivity index (χ0) is 23.3. The van der Waals surface area contributed by atoms with E-state index in [4.69, 9.17) is 5.26 Å². The summed E-state index contributed by atoms with van der Waals surface area (Å²) >= 11 is 0. The highest BCUT2D eigenvalue weighted by Gasteiger charge is 2.38. The standard InChI is InChI=1S/C25H24F5NO/c1-2-3-4-5-16-6-8-17(9-7-16)18-10-11-21(24(28)12-18)25(29,30)32-19-13-22(26)20(15-31)23(27)14-19/h2-3,10-14,16-17H,4-9H2,1H3/b3-2-/t16-,17-. The van der Waals surface area contributed by atoms with Gasteiger partial charge in [0.15, 0.2) is 0 Å². The lowest BCUT2D eigenvalue weighted by Gasteiger charge is -2.29. The van der Waals surface area contributed by atoms with E-state index in [1.165, 1.54) is 12.1 Å². The second-order valence-electron chi connectivity index (χ2n) is 8.10. The SMILES string of the molecule is C/C=C\CC[C@H]1CC[C@H](c2ccc(C(F)(F)Oc3cc(F)c(C#N)c(F)c3)c(F)c2)CC1. The number of halogens is 5. The van der Waals surface area contributed by atoms with E-state index in [1.807, 2.05) is 13.0 Å². The molecule has 1 aliphatic carbocycles. The number of alkyl halides is 2. The normalized spacial score (nSPS) is 19.2. The van der Waals surface area contributed by atoms with E-state index in [2.05, 4.69) is 10.8 Å². The Hall–Kier alpha value is -2.88. The molecule has 7 heteroatoms. The number of ether oxygens (including phenoxy) is 1. The lowest BCUT2D eigenvalue weighted by atomic mass is 9.77. The molecule has 0 N–H and O–H groups in total. The van der Waals surface area contributed by atoms with Gasteiger partial charge in [-0.1, -0.05) is 18.2 Å². The molecule has 3 rings (SSSR count). The molecule has 1 aliphatic rings. The average molecular weight is 449 g/mol. The predicted octanol–water partition coefficient (Wildman–Crippen LogP) is 7.73. The van der Waals surface area contributed by atoms with Crippen molar-refractivity contribution in [2.45, 2.75) is 57.5 Å². The molecule has 32 heavy (non-hydrogen) atoms. The Morgan fingerprint density at radius 1 is 1.03 bits per heavy atom. The minimum Gasteiger partial charge on any atom is -0.429 e. The van der Waals surface area contributed by atoms with E-state index in [1.54, 1.807) is 0 Å². The van der Waals surface area contributed by atoms with Crippen LogP contribution < -0.4 is 4.74 Å². The third-order valence-electron chi connectivity index (χ3n) is 5.98. The smallest absolute Gasteiger partial charge is 0.429 e. The van der Waals surface area contributed by atoms with Crippen molar-refractivity contribution in [3.63, 3.8) is 0 Å². The summed E-state index contributed by atoms with van der Waals surface area (Å²) in [5.41, 5.74) is -1.27. The van der Waals surface area contributed by atoms with Crippen LogP contribution in [0.1, 0.15) is 68.1 Å². The van der Waals surface area contributed by atoms with E-state index in [0.717, 1.165) is 50.7 Å². The Bertz CT molecular complexity index is 996. The first-order valence-electron chi connectivity index (χ1n) is 10.6. The summed E-state index contributed by atoms with van der Waals surface area (Å²) in [4.78, 5) is 0. The van der Waals surface area contributed by atoms with Gasteiger partial charge >= 0.3 is 6.11 Å². The summed E-state index contributed by atoms with van der Waals surface area (Å²) < 4.78 is 75.5. The molecular weight excluding hydrogens is 425 g/mol. The molecule has 0 radical (unpaired) electrons. The third-order valence-corrected chi connectivity index (χ3v) is 5.98. The second kappa shape index (κ2) is 10.2. The van der Waals surface area contributed by atoms with Crippen LogP contribution in [0.25, 0.3) is 0 Å². The number of hydrogen-bond donors (Lipinski definition) is 0. The van der Waals surface area contributed by atoms with Gasteiger partial charge in [-0.05, 0) is 75.0 Å². The molecule has 1 saturated carbocycles. The van der Waals surface area contributed by atoms with Crippen LogP contribution in [0.15, 0.2) is 42.5 Å². The summed E-state index contributed by atoms with van der Waals surface area (Å²) in [5, 5.41) is 8.66. The molecule has 0 aliphatic heterocycles. The molecule has 0 heterocycles. The molecule has 2 aromatic rings. The van der Waals surface area contributed by atoms with Crippen molar-refractivity contribution in [2.24, 2.45) is 5.92 Å². The topological polar surface area (TPSA) is 33.0 Å². The van der Waals surface area contributed by atoms with Crippen LogP contribution in [0.4, 0.5) is 22.0 Å². The maximum Gasteiger partial charge on any atom is 0.429 e. The Labute approximate surface area is 184 Å². The van der Waals surface area contributed by atoms with E-state index < -0.39 is 40.4 Å². The van der Waals surface area contributed by atoms with Gasteiger partial charge in [-0.3, -0.25) is 0 Å². The zero-order valence-electron chi connectivity index (χ0n) is 17.7. The van der Waals surface area contributed by atoms with Crippen LogP contribution in [0.5, 0.6) is 5.75 Å². The minimum absolute atomic E-state index is 0.104. The summed E-state index contributed by atoms with van der Waals surface area (Å²) in [6.45, 7) is 1.99. The minimum atomic E-state index is -4.15. The van der Waals surface area contributed by atoms with Gasteiger partial charge in [0.1, 0.15) is 34.8 Å². The number of rotatable bonds is 7. The quantitative estimate of drug-likeness (QED) is 0.320. The lowest BCUT2D eigenvalue weighted by Crippen LogP contribution is -2.24. The molecule has 0 aromatic heterocycles. The maximum absolute atomic E-state index is 14.6. The Kier molecular flexibility index (Phi) is 7.55. The fourth-order valence-corrected chi connectivity index (χ4v) is 4.22. The molecule has 0 unspecified atom stereocenters. The van der Waals surface area contributed by atoms with Gasteiger partial charge in [0.2, 0.25) is 0 Å². The molecule has 2 nitrogen and oxygen atoms in total. The highest BCUT2D eigenvalue weighted by atomic mass is 19.3. The molecule has 170 valence electrons. The van der Waals surface area contributed by atoms with Crippen molar-refractivity contribution >= 4 is 0 Å². The molecule has 1 fully saturated rings. The first kappa shape index (κ1) is 23.8. The van der Waals surface area contributed by atoms with Gasteiger partial charge in [-0.15, -0.1) is 0 Å². The van der Waals surface area contributed by atoms with Gasteiger partial charge in [0, 0.05) is 12.1 Å². The van der Waals surface area contributed by atoms with Crippen LogP contribution in [-0.2, 0) is 6.11 Å². The van der Waals surface area contributed by atoms with Crippen molar-refractivity contribution in [3.8, 4) is 11.8 Å². The Morgan fingerprint density at radius 3 is 2.25 bits per heavy atom. The molecule has 0 atom stereocenters. The van der Waals surface area contributed by atoms with Crippen molar-refractivity contribution in [3.05, 3.63) is 76.6 Å². The zero-order valence-corrected chi connectivity index (χ0v) is 17.7. The number of hydrogen-bond acceptors (Lipinski definition) is 2. The lowest BCUT2D eigenvalue weighted by molar-refractivity contribution is -0.187. The van der Waals surface area contributed by atoms with Crippen molar-refractivity contribution in [1.82, 2.24) is 0 Å². The van der Waals surface area contributed by atoms with Crippen molar-refractivity contribution < 1.29 is 26.7 Å². The molecule has 0 bridgehead atoms. The van der Waals surface area contributed by atoms with Gasteiger partial charge in [0.05, 0.1) is 5.56 Å². The predicted molar refractivity (Wildman–Crippen MR) is 111 cm³/mol. The third kappa shape index (κ3) is 5.48. The summed E-state index contributed by atoms with van der Waals surface area (Å²) in [6.07, 6.45) is 5.95. The van der Waals surface area contributed by atoms with Gasteiger partial charge < -0.3 is 4.74 Å². The number of nitriles is 1.